The number of rotatable bonds is 8. The lowest BCUT2D eigenvalue weighted by molar-refractivity contribution is -0.117. The molecular formula is C33H42N8O2Si. The quantitative estimate of drug-likeness (QED) is 0.235. The van der Waals surface area contributed by atoms with Crippen LogP contribution in [0.4, 0.5) is 11.6 Å². The highest BCUT2D eigenvalue weighted by molar-refractivity contribution is 6.74. The molecule has 10 nitrogen and oxygen atoms in total. The van der Waals surface area contributed by atoms with E-state index in [9.17, 15) is 4.79 Å². The van der Waals surface area contributed by atoms with Gasteiger partial charge >= 0.3 is 0 Å². The van der Waals surface area contributed by atoms with Crippen LogP contribution in [0.5, 0.6) is 0 Å². The van der Waals surface area contributed by atoms with Crippen molar-refractivity contribution in [3.05, 3.63) is 71.8 Å². The first-order chi connectivity index (χ1) is 20.9. The maximum absolute atomic E-state index is 13.2. The molecule has 4 aromatic rings. The Hall–Kier alpha value is -3.70. The zero-order valence-electron chi connectivity index (χ0n) is 26.5. The molecule has 3 aliphatic rings. The maximum Gasteiger partial charge on any atom is 0.234 e. The van der Waals surface area contributed by atoms with Crippen molar-refractivity contribution in [2.24, 2.45) is 5.92 Å². The van der Waals surface area contributed by atoms with Gasteiger partial charge in [-0.2, -0.15) is 0 Å². The second kappa shape index (κ2) is 10.7. The number of carbonyl (C=O) groups excluding carboxylic acids is 1. The molecule has 11 heteroatoms. The number of amides is 1. The van der Waals surface area contributed by atoms with E-state index < -0.39 is 8.32 Å². The Balaban J connectivity index is 1.14. The highest BCUT2D eigenvalue weighted by atomic mass is 28.4. The molecule has 2 aliphatic carbocycles. The number of hydrogen-bond acceptors (Lipinski definition) is 8. The van der Waals surface area contributed by atoms with E-state index in [2.05, 4.69) is 86.9 Å². The van der Waals surface area contributed by atoms with Crippen molar-refractivity contribution < 1.29 is 9.22 Å². The third-order valence-electron chi connectivity index (χ3n) is 9.91. The van der Waals surface area contributed by atoms with Gasteiger partial charge in [0.1, 0.15) is 18.0 Å². The van der Waals surface area contributed by atoms with E-state index >= 15 is 0 Å². The van der Waals surface area contributed by atoms with Gasteiger partial charge in [-0.15, -0.1) is 0 Å². The highest BCUT2D eigenvalue weighted by Crippen LogP contribution is 2.47. The van der Waals surface area contributed by atoms with E-state index in [4.69, 9.17) is 9.41 Å². The van der Waals surface area contributed by atoms with Gasteiger partial charge in [-0.05, 0) is 73.5 Å². The van der Waals surface area contributed by atoms with Gasteiger partial charge in [0.05, 0.1) is 17.8 Å². The highest BCUT2D eigenvalue weighted by Gasteiger charge is 2.46. The van der Waals surface area contributed by atoms with Crippen LogP contribution >= 0.6 is 0 Å². The molecule has 230 valence electrons. The average Bonchev–Trinajstić information content (AvgIpc) is 3.89. The predicted octanol–water partition coefficient (Wildman–Crippen LogP) is 6.18. The first-order valence-corrected chi connectivity index (χ1v) is 18.7. The van der Waals surface area contributed by atoms with E-state index in [0.717, 1.165) is 35.6 Å². The molecule has 1 amide bonds. The Labute approximate surface area is 259 Å². The number of carbonyl (C=O) groups is 1. The lowest BCUT2D eigenvalue weighted by Gasteiger charge is -2.38. The molecule has 0 bridgehead atoms. The number of imidazole rings is 1. The van der Waals surface area contributed by atoms with Gasteiger partial charge in [0, 0.05) is 61.3 Å². The summed E-state index contributed by atoms with van der Waals surface area (Å²) in [4.78, 5) is 38.7. The lowest BCUT2D eigenvalue weighted by atomic mass is 10.1. The smallest absolute Gasteiger partial charge is 0.234 e. The summed E-state index contributed by atoms with van der Waals surface area (Å²) in [5, 5.41) is 3.15. The number of pyridine rings is 1. The van der Waals surface area contributed by atoms with E-state index in [1.54, 1.807) is 0 Å². The summed E-state index contributed by atoms with van der Waals surface area (Å²) >= 11 is 0. The lowest BCUT2D eigenvalue weighted by Crippen LogP contribution is -2.44. The van der Waals surface area contributed by atoms with Gasteiger partial charge in [0.2, 0.25) is 11.7 Å². The van der Waals surface area contributed by atoms with E-state index in [1.165, 1.54) is 24.7 Å². The predicted molar refractivity (Wildman–Crippen MR) is 172 cm³/mol. The molecule has 0 radical (unpaired) electrons. The fourth-order valence-corrected chi connectivity index (χ4v) is 7.44. The Morgan fingerprint density at radius 2 is 1.86 bits per heavy atom. The molecular weight excluding hydrogens is 569 g/mol. The molecule has 3 fully saturated rings. The number of nitrogens with zero attached hydrogens (tertiary/aromatic N) is 7. The molecule has 7 rings (SSSR count). The van der Waals surface area contributed by atoms with Crippen LogP contribution in [0.25, 0.3) is 5.78 Å². The van der Waals surface area contributed by atoms with Gasteiger partial charge in [-0.3, -0.25) is 14.2 Å². The van der Waals surface area contributed by atoms with Crippen LogP contribution in [0, 0.1) is 12.8 Å². The van der Waals surface area contributed by atoms with Crippen molar-refractivity contribution >= 4 is 31.6 Å². The molecule has 2 saturated carbocycles. The molecule has 44 heavy (non-hydrogen) atoms. The van der Waals surface area contributed by atoms with Crippen molar-refractivity contribution in [2.45, 2.75) is 95.5 Å². The molecule has 1 saturated heterocycles. The molecule has 1 aliphatic heterocycles. The number of fused-ring (bicyclic) bond motifs is 1. The van der Waals surface area contributed by atoms with Crippen LogP contribution in [0.3, 0.4) is 0 Å². The summed E-state index contributed by atoms with van der Waals surface area (Å²) in [5.41, 5.74) is 4.35. The van der Waals surface area contributed by atoms with E-state index in [1.807, 2.05) is 31.5 Å². The summed E-state index contributed by atoms with van der Waals surface area (Å²) in [6.07, 6.45) is 13.7. The van der Waals surface area contributed by atoms with Crippen LogP contribution < -0.4 is 10.2 Å². The molecule has 0 spiro atoms. The fourth-order valence-electron chi connectivity index (χ4n) is 6.08. The Morgan fingerprint density at radius 3 is 2.61 bits per heavy atom. The zero-order chi connectivity index (χ0) is 30.8. The van der Waals surface area contributed by atoms with Crippen LogP contribution in [0.15, 0.2) is 49.3 Å². The van der Waals surface area contributed by atoms with Gasteiger partial charge in [-0.1, -0.05) is 20.8 Å². The van der Waals surface area contributed by atoms with Crippen molar-refractivity contribution in [3.63, 3.8) is 0 Å². The number of hydrogen-bond donors (Lipinski definition) is 1. The molecule has 1 unspecified atom stereocenters. The maximum atomic E-state index is 13.2. The summed E-state index contributed by atoms with van der Waals surface area (Å²) < 4.78 is 8.98. The molecule has 0 aromatic carbocycles. The monoisotopic (exact) mass is 610 g/mol. The van der Waals surface area contributed by atoms with Gasteiger partial charge in [0.15, 0.2) is 8.32 Å². The summed E-state index contributed by atoms with van der Waals surface area (Å²) in [7, 11) is -2.01. The number of nitrogens with one attached hydrogen (secondary N) is 1. The van der Waals surface area contributed by atoms with Gasteiger partial charge < -0.3 is 14.6 Å². The van der Waals surface area contributed by atoms with Gasteiger partial charge in [-0.25, -0.2) is 19.9 Å². The van der Waals surface area contributed by atoms with Crippen LogP contribution in [-0.2, 0) is 9.22 Å². The van der Waals surface area contributed by atoms with Crippen LogP contribution in [0.1, 0.15) is 86.8 Å². The summed E-state index contributed by atoms with van der Waals surface area (Å²) in [5.74, 6) is 2.59. The van der Waals surface area contributed by atoms with E-state index in [-0.39, 0.29) is 34.9 Å². The largest absolute Gasteiger partial charge is 0.412 e. The topological polar surface area (TPSA) is 110 Å². The Kier molecular flexibility index (Phi) is 7.08. The minimum absolute atomic E-state index is 0.0297. The molecule has 5 heterocycles. The summed E-state index contributed by atoms with van der Waals surface area (Å²) in [6, 6.07) is 5.87. The van der Waals surface area contributed by atoms with Crippen molar-refractivity contribution in [1.29, 1.82) is 0 Å². The first-order valence-electron chi connectivity index (χ1n) is 15.8. The first kappa shape index (κ1) is 29.0. The van der Waals surface area contributed by atoms with Crippen LogP contribution in [-0.4, -0.2) is 56.2 Å². The normalized spacial score (nSPS) is 23.7. The standard InChI is InChI=1S/C33H42N8O2Si/c1-20-9-10-34-26(11-20)24-13-25(24)31(42)39-29-14-30(37-19-36-29)41-17-23(43-44(5,6)33(2,3)4)12-28(41)27-18-40-16-22(21-7-8-21)15-35-32(40)38-27/h9-11,14-16,18-19,21,23-25,28H,7-8,12-13,17H2,1-6H3,(H,36,37,39,42)/t23?,24-,25-,28+/m0/s1. The Bertz CT molecular complexity index is 1710. The second-order valence-corrected chi connectivity index (χ2v) is 19.2. The number of aryl methyl sites for hydroxylation is 1. The van der Waals surface area contributed by atoms with Crippen molar-refractivity contribution in [2.75, 3.05) is 16.8 Å². The second-order valence-electron chi connectivity index (χ2n) is 14.4. The molecule has 4 aromatic heterocycles. The van der Waals surface area contributed by atoms with Crippen molar-refractivity contribution in [1.82, 2.24) is 29.3 Å². The van der Waals surface area contributed by atoms with Crippen molar-refractivity contribution in [3.8, 4) is 0 Å². The molecule has 1 N–H and O–H groups in total. The minimum Gasteiger partial charge on any atom is -0.412 e. The number of aromatic nitrogens is 6. The SMILES string of the molecule is Cc1ccnc([C@H]2C[C@@H]2C(=O)Nc2cc(N3CC(O[Si](C)(C)C(C)(C)C)C[C@@H]3c3cn4cc(C5CC5)cnc4n3)ncn2)c1. The van der Waals surface area contributed by atoms with Crippen LogP contribution in [0.2, 0.25) is 18.1 Å². The summed E-state index contributed by atoms with van der Waals surface area (Å²) in [6.45, 7) is 14.1. The van der Waals surface area contributed by atoms with Gasteiger partial charge in [0.25, 0.3) is 0 Å². The Morgan fingerprint density at radius 1 is 1.05 bits per heavy atom. The zero-order valence-corrected chi connectivity index (χ0v) is 27.5. The third-order valence-corrected chi connectivity index (χ3v) is 14.4. The van der Waals surface area contributed by atoms with E-state index in [0.29, 0.717) is 24.1 Å². The average molecular weight is 611 g/mol. The number of anilines is 2. The minimum atomic E-state index is -2.01. The molecule has 4 atom stereocenters. The third kappa shape index (κ3) is 5.74. The fraction of sp³-hybridized carbons (Fsp3) is 0.515.